The minimum atomic E-state index is -0.670. The summed E-state index contributed by atoms with van der Waals surface area (Å²) in [6.07, 6.45) is 4.97. The van der Waals surface area contributed by atoms with E-state index < -0.39 is 5.54 Å². The maximum Gasteiger partial charge on any atom is 0.246 e. The van der Waals surface area contributed by atoms with Gasteiger partial charge in [0.1, 0.15) is 5.82 Å². The van der Waals surface area contributed by atoms with Crippen LogP contribution in [0.4, 0.5) is 5.82 Å². The van der Waals surface area contributed by atoms with Crippen molar-refractivity contribution in [1.82, 2.24) is 19.8 Å². The fourth-order valence-corrected chi connectivity index (χ4v) is 3.64. The molecule has 2 aromatic heterocycles. The molecule has 0 spiro atoms. The van der Waals surface area contributed by atoms with Crippen molar-refractivity contribution in [3.63, 3.8) is 0 Å². The van der Waals surface area contributed by atoms with Gasteiger partial charge >= 0.3 is 0 Å². The van der Waals surface area contributed by atoms with Crippen molar-refractivity contribution >= 4 is 47.0 Å². The minimum Gasteiger partial charge on any atom is -0.346 e. The Morgan fingerprint density at radius 3 is 2.78 bits per heavy atom. The largest absolute Gasteiger partial charge is 0.346 e. The van der Waals surface area contributed by atoms with Crippen LogP contribution in [-0.2, 0) is 29.7 Å². The smallest absolute Gasteiger partial charge is 0.246 e. The van der Waals surface area contributed by atoms with Crippen molar-refractivity contribution in [1.29, 1.82) is 0 Å². The average molecular weight is 454 g/mol. The monoisotopic (exact) mass is 453 g/mol. The Kier molecular flexibility index (Phi) is 6.71. The van der Waals surface area contributed by atoms with E-state index in [1.54, 1.807) is 30.3 Å². The molecule has 2 amide bonds. The SMILES string of the molecule is CN(Cc1cc2ccccc2n1C)C(=O)C=Cc1cnc2c(c1)CNC(C)(C)C(=O)N2.Cl. The first-order valence-electron chi connectivity index (χ1n) is 10.3. The van der Waals surface area contributed by atoms with Crippen LogP contribution in [0.3, 0.4) is 0 Å². The van der Waals surface area contributed by atoms with Crippen LogP contribution in [0.15, 0.2) is 48.7 Å². The number of likely N-dealkylation sites (N-methyl/N-ethyl adjacent to an activating group) is 1. The van der Waals surface area contributed by atoms with Crippen LogP contribution in [-0.4, -0.2) is 38.9 Å². The van der Waals surface area contributed by atoms with Crippen LogP contribution in [0.1, 0.15) is 30.7 Å². The van der Waals surface area contributed by atoms with Gasteiger partial charge in [0.15, 0.2) is 0 Å². The van der Waals surface area contributed by atoms with Crippen LogP contribution >= 0.6 is 12.4 Å². The molecule has 1 aliphatic heterocycles. The summed E-state index contributed by atoms with van der Waals surface area (Å²) in [6, 6.07) is 12.2. The summed E-state index contributed by atoms with van der Waals surface area (Å²) in [5, 5.41) is 7.24. The summed E-state index contributed by atoms with van der Waals surface area (Å²) in [4.78, 5) is 30.9. The lowest BCUT2D eigenvalue weighted by atomic mass is 10.1. The first kappa shape index (κ1) is 23.5. The Morgan fingerprint density at radius 1 is 1.28 bits per heavy atom. The molecule has 168 valence electrons. The maximum absolute atomic E-state index is 12.7. The number of fused-ring (bicyclic) bond motifs is 2. The number of hydrogen-bond acceptors (Lipinski definition) is 4. The van der Waals surface area contributed by atoms with E-state index in [1.807, 2.05) is 39.1 Å². The molecule has 8 heteroatoms. The van der Waals surface area contributed by atoms with Gasteiger partial charge in [0.05, 0.1) is 12.1 Å². The summed E-state index contributed by atoms with van der Waals surface area (Å²) >= 11 is 0. The number of para-hydroxylation sites is 1. The predicted molar refractivity (Wildman–Crippen MR) is 129 cm³/mol. The zero-order chi connectivity index (χ0) is 22.2. The Bertz CT molecular complexity index is 1200. The zero-order valence-corrected chi connectivity index (χ0v) is 19.5. The normalized spacial score (nSPS) is 15.1. The van der Waals surface area contributed by atoms with E-state index in [0.717, 1.165) is 27.7 Å². The number of carbonyl (C=O) groups is 2. The molecule has 3 aromatic rings. The van der Waals surface area contributed by atoms with E-state index in [1.165, 1.54) is 0 Å². The molecule has 0 aliphatic carbocycles. The lowest BCUT2D eigenvalue weighted by Crippen LogP contribution is -2.47. The number of anilines is 1. The van der Waals surface area contributed by atoms with Gasteiger partial charge < -0.3 is 14.8 Å². The summed E-state index contributed by atoms with van der Waals surface area (Å²) in [7, 11) is 3.81. The molecule has 0 radical (unpaired) electrons. The summed E-state index contributed by atoms with van der Waals surface area (Å²) in [5.41, 5.74) is 3.24. The molecule has 0 saturated carbocycles. The van der Waals surface area contributed by atoms with Crippen LogP contribution in [0.2, 0.25) is 0 Å². The Morgan fingerprint density at radius 2 is 2.03 bits per heavy atom. The number of aromatic nitrogens is 2. The maximum atomic E-state index is 12.7. The molecular formula is C24H28ClN5O2. The van der Waals surface area contributed by atoms with Gasteiger partial charge in [0.25, 0.3) is 0 Å². The second-order valence-corrected chi connectivity index (χ2v) is 8.49. The van der Waals surface area contributed by atoms with Gasteiger partial charge in [-0.3, -0.25) is 14.9 Å². The molecule has 0 saturated heterocycles. The second kappa shape index (κ2) is 9.14. The number of aryl methyl sites for hydroxylation is 1. The lowest BCUT2D eigenvalue weighted by molar-refractivity contribution is -0.125. The Hall–Kier alpha value is -3.16. The predicted octanol–water partition coefficient (Wildman–Crippen LogP) is 3.49. The first-order chi connectivity index (χ1) is 14.7. The molecule has 4 rings (SSSR count). The third-order valence-electron chi connectivity index (χ3n) is 5.75. The molecule has 3 heterocycles. The van der Waals surface area contributed by atoms with Crippen LogP contribution < -0.4 is 10.6 Å². The summed E-state index contributed by atoms with van der Waals surface area (Å²) in [6.45, 7) is 4.70. The van der Waals surface area contributed by atoms with E-state index in [-0.39, 0.29) is 24.2 Å². The number of rotatable bonds is 4. The van der Waals surface area contributed by atoms with E-state index in [2.05, 4.69) is 38.4 Å². The molecule has 32 heavy (non-hydrogen) atoms. The van der Waals surface area contributed by atoms with Gasteiger partial charge in [-0.05, 0) is 49.1 Å². The molecule has 0 unspecified atom stereocenters. The van der Waals surface area contributed by atoms with Gasteiger partial charge in [-0.2, -0.15) is 0 Å². The molecule has 0 fully saturated rings. The highest BCUT2D eigenvalue weighted by molar-refractivity contribution is 5.98. The number of nitrogens with one attached hydrogen (secondary N) is 2. The van der Waals surface area contributed by atoms with Gasteiger partial charge in [-0.15, -0.1) is 12.4 Å². The number of amides is 2. The van der Waals surface area contributed by atoms with Crippen molar-refractivity contribution in [2.45, 2.75) is 32.5 Å². The topological polar surface area (TPSA) is 79.3 Å². The van der Waals surface area contributed by atoms with Crippen molar-refractivity contribution in [2.75, 3.05) is 12.4 Å². The Balaban J connectivity index is 0.00000289. The highest BCUT2D eigenvalue weighted by atomic mass is 35.5. The number of carbonyl (C=O) groups excluding carboxylic acids is 2. The van der Waals surface area contributed by atoms with Gasteiger partial charge in [-0.25, -0.2) is 4.98 Å². The van der Waals surface area contributed by atoms with Gasteiger partial charge in [0.2, 0.25) is 11.8 Å². The van der Waals surface area contributed by atoms with E-state index in [4.69, 9.17) is 0 Å². The highest BCUT2D eigenvalue weighted by Gasteiger charge is 2.30. The molecule has 1 aliphatic rings. The fourth-order valence-electron chi connectivity index (χ4n) is 3.64. The summed E-state index contributed by atoms with van der Waals surface area (Å²) < 4.78 is 2.11. The number of halogens is 1. The lowest BCUT2D eigenvalue weighted by Gasteiger charge is -2.21. The van der Waals surface area contributed by atoms with Crippen molar-refractivity contribution in [3.05, 3.63) is 65.5 Å². The van der Waals surface area contributed by atoms with Crippen LogP contribution in [0.25, 0.3) is 17.0 Å². The standard InChI is InChI=1S/C24H27N5O2.ClH/c1-24(2)23(31)27-22-18(14-26-24)11-16(13-25-22)9-10-21(30)28(3)15-19-12-17-7-5-6-8-20(17)29(19)4;/h5-13,26H,14-15H2,1-4H3,(H,25,27,31);1H. The van der Waals surface area contributed by atoms with Gasteiger partial charge in [0, 0.05) is 49.7 Å². The van der Waals surface area contributed by atoms with Crippen molar-refractivity contribution < 1.29 is 9.59 Å². The number of benzene rings is 1. The zero-order valence-electron chi connectivity index (χ0n) is 18.7. The molecule has 0 atom stereocenters. The molecular weight excluding hydrogens is 426 g/mol. The molecule has 0 bridgehead atoms. The minimum absolute atomic E-state index is 0. The fraction of sp³-hybridized carbons (Fsp3) is 0.292. The molecule has 1 aromatic carbocycles. The van der Waals surface area contributed by atoms with E-state index >= 15 is 0 Å². The quantitative estimate of drug-likeness (QED) is 0.593. The third kappa shape index (κ3) is 4.69. The average Bonchev–Trinajstić information content (AvgIpc) is 3.00. The highest BCUT2D eigenvalue weighted by Crippen LogP contribution is 2.22. The van der Waals surface area contributed by atoms with Crippen molar-refractivity contribution in [2.24, 2.45) is 7.05 Å². The van der Waals surface area contributed by atoms with E-state index in [0.29, 0.717) is 18.9 Å². The van der Waals surface area contributed by atoms with Crippen LogP contribution in [0.5, 0.6) is 0 Å². The first-order valence-corrected chi connectivity index (χ1v) is 10.3. The van der Waals surface area contributed by atoms with E-state index in [9.17, 15) is 9.59 Å². The number of pyridine rings is 1. The van der Waals surface area contributed by atoms with Crippen LogP contribution in [0, 0.1) is 0 Å². The number of nitrogens with zero attached hydrogens (tertiary/aromatic N) is 3. The van der Waals surface area contributed by atoms with Gasteiger partial charge in [-0.1, -0.05) is 18.2 Å². The number of hydrogen-bond donors (Lipinski definition) is 2. The second-order valence-electron chi connectivity index (χ2n) is 8.49. The summed E-state index contributed by atoms with van der Waals surface area (Å²) in [5.74, 6) is 0.347. The molecule has 7 nitrogen and oxygen atoms in total. The van der Waals surface area contributed by atoms with Crippen molar-refractivity contribution in [3.8, 4) is 0 Å². The molecule has 2 N–H and O–H groups in total. The Labute approximate surface area is 193 Å². The third-order valence-corrected chi connectivity index (χ3v) is 5.75.